The second-order valence-electron chi connectivity index (χ2n) is 10.4. The summed E-state index contributed by atoms with van der Waals surface area (Å²) in [4.78, 5) is 10.8. The Morgan fingerprint density at radius 2 is 1.53 bits per heavy atom. The van der Waals surface area contributed by atoms with Gasteiger partial charge in [-0.25, -0.2) is 0 Å². The molecule has 4 rings (SSSR count). The quantitative estimate of drug-likeness (QED) is 0.100. The summed E-state index contributed by atoms with van der Waals surface area (Å²) >= 11 is 5.01. The monoisotopic (exact) mass is 566 g/mol. The lowest BCUT2D eigenvalue weighted by Crippen LogP contribution is -2.15. The maximum Gasteiger partial charge on any atom is 0.114 e. The van der Waals surface area contributed by atoms with Crippen molar-refractivity contribution in [2.45, 2.75) is 78.1 Å². The highest BCUT2D eigenvalue weighted by Crippen LogP contribution is 2.40. The van der Waals surface area contributed by atoms with Crippen LogP contribution < -0.4 is 0 Å². The van der Waals surface area contributed by atoms with E-state index >= 15 is 0 Å². The Hall–Kier alpha value is -1.93. The normalized spacial score (nSPS) is 12.0. The summed E-state index contributed by atoms with van der Waals surface area (Å²) in [7, 11) is 4.19. The number of rotatable bonds is 16. The lowest BCUT2D eigenvalue weighted by Gasteiger charge is -2.05. The summed E-state index contributed by atoms with van der Waals surface area (Å²) in [5.74, 6) is 0. The molecule has 38 heavy (non-hydrogen) atoms. The van der Waals surface area contributed by atoms with Crippen molar-refractivity contribution in [2.75, 3.05) is 27.2 Å². The fourth-order valence-corrected chi connectivity index (χ4v) is 7.38. The van der Waals surface area contributed by atoms with Crippen LogP contribution in [-0.4, -0.2) is 47.0 Å². The maximum atomic E-state index is 4.78. The van der Waals surface area contributed by atoms with Crippen LogP contribution in [0.25, 0.3) is 31.9 Å². The topological polar surface area (TPSA) is 41.4 Å². The highest BCUT2D eigenvalue weighted by molar-refractivity contribution is 7.17. The minimum absolute atomic E-state index is 0.825. The van der Waals surface area contributed by atoms with Crippen LogP contribution in [0.15, 0.2) is 34.6 Å². The Balaban J connectivity index is 1.59. The van der Waals surface area contributed by atoms with Gasteiger partial charge in [0.25, 0.3) is 0 Å². The van der Waals surface area contributed by atoms with E-state index in [1.54, 1.807) is 0 Å². The van der Waals surface area contributed by atoms with E-state index < -0.39 is 0 Å². The first-order chi connectivity index (χ1) is 18.6. The van der Waals surface area contributed by atoms with Gasteiger partial charge in [0.2, 0.25) is 0 Å². The Morgan fingerprint density at radius 3 is 2.21 bits per heavy atom. The number of benzene rings is 1. The number of hydrogen-bond acceptors (Lipinski definition) is 7. The molecule has 0 aliphatic rings. The first-order valence-electron chi connectivity index (χ1n) is 14.2. The van der Waals surface area contributed by atoms with Crippen molar-refractivity contribution < 1.29 is 0 Å². The van der Waals surface area contributed by atoms with E-state index in [1.165, 1.54) is 106 Å². The van der Waals surface area contributed by atoms with E-state index in [0.29, 0.717) is 0 Å². The van der Waals surface area contributed by atoms with E-state index in [4.69, 9.17) is 13.7 Å². The van der Waals surface area contributed by atoms with Crippen molar-refractivity contribution in [3.8, 4) is 20.9 Å². The van der Waals surface area contributed by atoms with Crippen molar-refractivity contribution in [2.24, 2.45) is 4.99 Å². The van der Waals surface area contributed by atoms with Crippen LogP contribution in [-0.2, 0) is 12.8 Å². The number of thiophene rings is 2. The molecular formula is C31H42N4S3. The summed E-state index contributed by atoms with van der Waals surface area (Å²) in [5, 5.41) is 2.33. The lowest BCUT2D eigenvalue weighted by molar-refractivity contribution is 0.421. The molecule has 0 spiro atoms. The average Bonchev–Trinajstić information content (AvgIpc) is 3.67. The number of unbranched alkanes of at least 4 members (excludes halogenated alkanes) is 6. The van der Waals surface area contributed by atoms with E-state index in [9.17, 15) is 0 Å². The third-order valence-corrected chi connectivity index (χ3v) is 9.63. The highest BCUT2D eigenvalue weighted by atomic mass is 32.1. The van der Waals surface area contributed by atoms with Crippen LogP contribution >= 0.6 is 34.4 Å². The zero-order valence-corrected chi connectivity index (χ0v) is 25.9. The molecule has 0 fully saturated rings. The van der Waals surface area contributed by atoms with Gasteiger partial charge in [0.1, 0.15) is 11.0 Å². The SMILES string of the molecule is CCCCCCc1csc(-c2ccc(-c3cc(CCCCCC)c(C=NCCN(C)C)s3)c3nsnc23)c1. The number of likely N-dealkylation sites (N-methyl/N-ethyl adjacent to an activating group) is 1. The molecule has 7 heteroatoms. The van der Waals surface area contributed by atoms with Crippen molar-refractivity contribution in [3.05, 3.63) is 45.6 Å². The molecule has 1 aromatic carbocycles. The number of aryl methyl sites for hydroxylation is 2. The van der Waals surface area contributed by atoms with Gasteiger partial charge in [-0.15, -0.1) is 22.7 Å². The molecule has 204 valence electrons. The van der Waals surface area contributed by atoms with Gasteiger partial charge in [0.15, 0.2) is 0 Å². The van der Waals surface area contributed by atoms with Crippen molar-refractivity contribution in [1.29, 1.82) is 0 Å². The Morgan fingerprint density at radius 1 is 0.842 bits per heavy atom. The number of hydrogen-bond donors (Lipinski definition) is 0. The predicted octanol–water partition coefficient (Wildman–Crippen LogP) is 9.37. The van der Waals surface area contributed by atoms with Gasteiger partial charge < -0.3 is 4.90 Å². The summed E-state index contributed by atoms with van der Waals surface area (Å²) < 4.78 is 9.55. The van der Waals surface area contributed by atoms with Crippen LogP contribution in [0, 0.1) is 0 Å². The van der Waals surface area contributed by atoms with E-state index in [-0.39, 0.29) is 0 Å². The largest absolute Gasteiger partial charge is 0.308 e. The van der Waals surface area contributed by atoms with Gasteiger partial charge in [-0.1, -0.05) is 64.5 Å². The van der Waals surface area contributed by atoms with Crippen molar-refractivity contribution in [1.82, 2.24) is 13.6 Å². The van der Waals surface area contributed by atoms with Crippen molar-refractivity contribution in [3.63, 3.8) is 0 Å². The molecule has 0 unspecified atom stereocenters. The first kappa shape index (κ1) is 29.1. The second kappa shape index (κ2) is 15.0. The van der Waals surface area contributed by atoms with Gasteiger partial charge >= 0.3 is 0 Å². The maximum absolute atomic E-state index is 4.78. The smallest absolute Gasteiger partial charge is 0.114 e. The first-order valence-corrected chi connectivity index (χ1v) is 16.6. The minimum Gasteiger partial charge on any atom is -0.308 e. The summed E-state index contributed by atoms with van der Waals surface area (Å²) in [5.41, 5.74) is 7.34. The van der Waals surface area contributed by atoms with Crippen LogP contribution in [0.3, 0.4) is 0 Å². The minimum atomic E-state index is 0.825. The van der Waals surface area contributed by atoms with Crippen LogP contribution in [0.1, 0.15) is 81.2 Å². The number of fused-ring (bicyclic) bond motifs is 1. The Kier molecular flexibility index (Phi) is 11.5. The molecular weight excluding hydrogens is 525 g/mol. The molecule has 0 bridgehead atoms. The third-order valence-electron chi connectivity index (χ3n) is 6.95. The molecule has 4 nitrogen and oxygen atoms in total. The van der Waals surface area contributed by atoms with Gasteiger partial charge in [0.05, 0.1) is 18.3 Å². The summed E-state index contributed by atoms with van der Waals surface area (Å²) in [6.45, 7) is 6.33. The third kappa shape index (κ3) is 7.81. The zero-order valence-electron chi connectivity index (χ0n) is 23.5. The molecule has 0 amide bonds. The number of aliphatic imine (C=N–C) groups is 1. The second-order valence-corrected chi connectivity index (χ2v) is 12.9. The van der Waals surface area contributed by atoms with Crippen LogP contribution in [0.2, 0.25) is 0 Å². The van der Waals surface area contributed by atoms with Crippen LogP contribution in [0.4, 0.5) is 0 Å². The standard InChI is InChI=1S/C31H42N4S3/c1-5-7-9-11-13-23-19-27(36-22-23)25-15-16-26(31-30(25)33-38-34-31)28-20-24(14-12-10-8-6-2)29(37-28)21-32-17-18-35(3)4/h15-16,19-22H,5-14,17-18H2,1-4H3. The van der Waals surface area contributed by atoms with Crippen molar-refractivity contribution >= 4 is 51.6 Å². The molecule has 0 aliphatic carbocycles. The Labute approximate surface area is 241 Å². The van der Waals surface area contributed by atoms with E-state index in [2.05, 4.69) is 68.7 Å². The average molecular weight is 567 g/mol. The molecule has 4 aromatic rings. The fraction of sp³-hybridized carbons (Fsp3) is 0.516. The molecule has 0 saturated carbocycles. The molecule has 0 radical (unpaired) electrons. The summed E-state index contributed by atoms with van der Waals surface area (Å²) in [6, 6.07) is 9.28. The van der Waals surface area contributed by atoms with Gasteiger partial charge in [-0.2, -0.15) is 8.75 Å². The molecule has 0 saturated heterocycles. The Bertz CT molecular complexity index is 1300. The number of nitrogens with zero attached hydrogens (tertiary/aromatic N) is 4. The van der Waals surface area contributed by atoms with E-state index in [0.717, 1.165) is 30.5 Å². The van der Waals surface area contributed by atoms with Gasteiger partial charge in [-0.3, -0.25) is 4.99 Å². The molecule has 0 atom stereocenters. The highest BCUT2D eigenvalue weighted by Gasteiger charge is 2.17. The van der Waals surface area contributed by atoms with Gasteiger partial charge in [-0.05, 0) is 68.4 Å². The fourth-order valence-electron chi connectivity index (χ4n) is 4.70. The predicted molar refractivity (Wildman–Crippen MR) is 171 cm³/mol. The van der Waals surface area contributed by atoms with E-state index in [1.807, 2.05) is 22.7 Å². The zero-order chi connectivity index (χ0) is 26.7. The lowest BCUT2D eigenvalue weighted by atomic mass is 10.0. The number of aromatic nitrogens is 2. The van der Waals surface area contributed by atoms with Crippen LogP contribution in [0.5, 0.6) is 0 Å². The molecule has 3 aromatic heterocycles. The summed E-state index contributed by atoms with van der Waals surface area (Å²) in [6.07, 6.45) is 14.7. The van der Waals surface area contributed by atoms with Gasteiger partial charge in [0, 0.05) is 38.5 Å². The molecule has 0 N–H and O–H groups in total. The molecule has 0 aliphatic heterocycles. The molecule has 3 heterocycles.